The van der Waals surface area contributed by atoms with E-state index in [9.17, 15) is 0 Å². The van der Waals surface area contributed by atoms with Crippen LogP contribution in [0.25, 0.3) is 0 Å². The first-order chi connectivity index (χ1) is 7.71. The molecule has 96 valence electrons. The number of nitrogens with one attached hydrogen (secondary N) is 1. The Morgan fingerprint density at radius 3 is 2.56 bits per heavy atom. The molecule has 1 aliphatic rings. The van der Waals surface area contributed by atoms with Gasteiger partial charge in [0.1, 0.15) is 0 Å². The van der Waals surface area contributed by atoms with Crippen molar-refractivity contribution in [2.24, 2.45) is 17.8 Å². The molecule has 0 spiro atoms. The van der Waals surface area contributed by atoms with Crippen LogP contribution in [0.1, 0.15) is 65.7 Å². The topological polar surface area (TPSA) is 12.0 Å². The van der Waals surface area contributed by atoms with Crippen molar-refractivity contribution in [2.45, 2.75) is 71.8 Å². The van der Waals surface area contributed by atoms with Crippen LogP contribution in [0.15, 0.2) is 0 Å². The molecular formula is C15H31N. The standard InChI is InChI=1S/C15H31N/c1-5-7-12(3)10-14-11-13(6-2)8-9-15(14)16-4/h12-16H,5-11H2,1-4H3. The maximum absolute atomic E-state index is 3.55. The summed E-state index contributed by atoms with van der Waals surface area (Å²) in [4.78, 5) is 0. The molecule has 1 rings (SSSR count). The van der Waals surface area contributed by atoms with Crippen LogP contribution in [-0.2, 0) is 0 Å². The highest BCUT2D eigenvalue weighted by Gasteiger charge is 2.29. The fraction of sp³-hybridized carbons (Fsp3) is 1.00. The highest BCUT2D eigenvalue weighted by Crippen LogP contribution is 2.35. The first-order valence-corrected chi connectivity index (χ1v) is 7.38. The fourth-order valence-electron chi connectivity index (χ4n) is 3.50. The van der Waals surface area contributed by atoms with Gasteiger partial charge in [-0.2, -0.15) is 0 Å². The average molecular weight is 225 g/mol. The molecule has 0 heterocycles. The Kier molecular flexibility index (Phi) is 6.41. The molecule has 1 aliphatic carbocycles. The van der Waals surface area contributed by atoms with Crippen LogP contribution in [0.5, 0.6) is 0 Å². The summed E-state index contributed by atoms with van der Waals surface area (Å²) in [7, 11) is 2.15. The monoisotopic (exact) mass is 225 g/mol. The Balaban J connectivity index is 2.44. The summed E-state index contributed by atoms with van der Waals surface area (Å²) in [5.41, 5.74) is 0. The van der Waals surface area contributed by atoms with E-state index in [0.717, 1.165) is 23.8 Å². The van der Waals surface area contributed by atoms with Gasteiger partial charge in [0.2, 0.25) is 0 Å². The maximum atomic E-state index is 3.55. The van der Waals surface area contributed by atoms with Crippen LogP contribution in [0, 0.1) is 17.8 Å². The van der Waals surface area contributed by atoms with Crippen molar-refractivity contribution in [3.05, 3.63) is 0 Å². The lowest BCUT2D eigenvalue weighted by molar-refractivity contribution is 0.176. The molecule has 0 aromatic carbocycles. The molecule has 1 nitrogen and oxygen atoms in total. The van der Waals surface area contributed by atoms with Gasteiger partial charge in [0.15, 0.2) is 0 Å². The van der Waals surface area contributed by atoms with E-state index >= 15 is 0 Å². The third-order valence-electron chi connectivity index (χ3n) is 4.53. The van der Waals surface area contributed by atoms with E-state index in [1.165, 1.54) is 44.9 Å². The van der Waals surface area contributed by atoms with Gasteiger partial charge in [0, 0.05) is 6.04 Å². The van der Waals surface area contributed by atoms with E-state index in [1.807, 2.05) is 0 Å². The minimum absolute atomic E-state index is 0.794. The van der Waals surface area contributed by atoms with Crippen LogP contribution >= 0.6 is 0 Å². The second-order valence-corrected chi connectivity index (χ2v) is 5.87. The Labute approximate surface area is 102 Å². The molecular weight excluding hydrogens is 194 g/mol. The summed E-state index contributed by atoms with van der Waals surface area (Å²) in [6, 6.07) is 0.794. The van der Waals surface area contributed by atoms with Gasteiger partial charge in [-0.1, -0.05) is 40.0 Å². The van der Waals surface area contributed by atoms with E-state index in [-0.39, 0.29) is 0 Å². The van der Waals surface area contributed by atoms with E-state index in [2.05, 4.69) is 33.1 Å². The molecule has 0 bridgehead atoms. The molecule has 4 unspecified atom stereocenters. The summed E-state index contributed by atoms with van der Waals surface area (Å²) >= 11 is 0. The highest BCUT2D eigenvalue weighted by atomic mass is 14.9. The maximum Gasteiger partial charge on any atom is 0.00926 e. The summed E-state index contributed by atoms with van der Waals surface area (Å²) in [6.45, 7) is 7.10. The second-order valence-electron chi connectivity index (χ2n) is 5.87. The molecule has 0 aromatic rings. The molecule has 0 saturated heterocycles. The quantitative estimate of drug-likeness (QED) is 0.713. The second kappa shape index (κ2) is 7.32. The number of rotatable bonds is 6. The van der Waals surface area contributed by atoms with Crippen LogP contribution < -0.4 is 5.32 Å². The Bertz CT molecular complexity index is 178. The lowest BCUT2D eigenvalue weighted by Gasteiger charge is -2.37. The third kappa shape index (κ3) is 4.08. The van der Waals surface area contributed by atoms with Crippen molar-refractivity contribution >= 4 is 0 Å². The fourth-order valence-corrected chi connectivity index (χ4v) is 3.50. The van der Waals surface area contributed by atoms with Gasteiger partial charge < -0.3 is 5.32 Å². The van der Waals surface area contributed by atoms with Crippen LogP contribution in [-0.4, -0.2) is 13.1 Å². The molecule has 0 aliphatic heterocycles. The Morgan fingerprint density at radius 1 is 1.25 bits per heavy atom. The normalized spacial score (nSPS) is 32.6. The zero-order valence-electron chi connectivity index (χ0n) is 11.8. The van der Waals surface area contributed by atoms with Crippen molar-refractivity contribution in [1.82, 2.24) is 5.32 Å². The summed E-state index contributed by atoms with van der Waals surface area (Å²) < 4.78 is 0. The summed E-state index contributed by atoms with van der Waals surface area (Å²) in [5, 5.41) is 3.55. The predicted molar refractivity (Wildman–Crippen MR) is 72.7 cm³/mol. The van der Waals surface area contributed by atoms with E-state index < -0.39 is 0 Å². The van der Waals surface area contributed by atoms with Crippen LogP contribution in [0.2, 0.25) is 0 Å². The largest absolute Gasteiger partial charge is 0.317 e. The summed E-state index contributed by atoms with van der Waals surface area (Å²) in [6.07, 6.45) is 9.89. The first kappa shape index (κ1) is 14.0. The predicted octanol–water partition coefficient (Wildman–Crippen LogP) is 4.23. The van der Waals surface area contributed by atoms with E-state index in [1.54, 1.807) is 0 Å². The van der Waals surface area contributed by atoms with Crippen molar-refractivity contribution < 1.29 is 0 Å². The number of hydrogen-bond acceptors (Lipinski definition) is 1. The Hall–Kier alpha value is -0.0400. The molecule has 1 N–H and O–H groups in total. The third-order valence-corrected chi connectivity index (χ3v) is 4.53. The van der Waals surface area contributed by atoms with Gasteiger partial charge in [0.25, 0.3) is 0 Å². The van der Waals surface area contributed by atoms with Crippen LogP contribution in [0.3, 0.4) is 0 Å². The molecule has 0 aromatic heterocycles. The van der Waals surface area contributed by atoms with Gasteiger partial charge in [-0.05, 0) is 50.5 Å². The van der Waals surface area contributed by atoms with Gasteiger partial charge in [-0.15, -0.1) is 0 Å². The van der Waals surface area contributed by atoms with Crippen molar-refractivity contribution in [3.8, 4) is 0 Å². The van der Waals surface area contributed by atoms with E-state index in [0.29, 0.717) is 0 Å². The zero-order valence-corrected chi connectivity index (χ0v) is 11.8. The molecule has 16 heavy (non-hydrogen) atoms. The van der Waals surface area contributed by atoms with Gasteiger partial charge >= 0.3 is 0 Å². The SMILES string of the molecule is CCCC(C)CC1CC(CC)CCC1NC. The Morgan fingerprint density at radius 2 is 2.00 bits per heavy atom. The van der Waals surface area contributed by atoms with Crippen molar-refractivity contribution in [1.29, 1.82) is 0 Å². The van der Waals surface area contributed by atoms with Crippen molar-refractivity contribution in [3.63, 3.8) is 0 Å². The van der Waals surface area contributed by atoms with Gasteiger partial charge in [-0.3, -0.25) is 0 Å². The van der Waals surface area contributed by atoms with Gasteiger partial charge in [0.05, 0.1) is 0 Å². The van der Waals surface area contributed by atoms with Crippen LogP contribution in [0.4, 0.5) is 0 Å². The molecule has 0 amide bonds. The van der Waals surface area contributed by atoms with Crippen molar-refractivity contribution in [2.75, 3.05) is 7.05 Å². The molecule has 1 saturated carbocycles. The molecule has 0 radical (unpaired) electrons. The van der Waals surface area contributed by atoms with E-state index in [4.69, 9.17) is 0 Å². The zero-order chi connectivity index (χ0) is 12.0. The first-order valence-electron chi connectivity index (χ1n) is 7.38. The minimum atomic E-state index is 0.794. The number of hydrogen-bond donors (Lipinski definition) is 1. The minimum Gasteiger partial charge on any atom is -0.317 e. The molecule has 1 fully saturated rings. The lowest BCUT2D eigenvalue weighted by Crippen LogP contribution is -2.39. The summed E-state index contributed by atoms with van der Waals surface area (Å²) in [5.74, 6) is 2.86. The lowest BCUT2D eigenvalue weighted by atomic mass is 9.73. The highest BCUT2D eigenvalue weighted by molar-refractivity contribution is 4.84. The van der Waals surface area contributed by atoms with Gasteiger partial charge in [-0.25, -0.2) is 0 Å². The average Bonchev–Trinajstić information content (AvgIpc) is 2.29. The molecule has 1 heteroatoms. The molecule has 4 atom stereocenters. The smallest absolute Gasteiger partial charge is 0.00926 e.